The lowest BCUT2D eigenvalue weighted by Crippen LogP contribution is -2.30. The second-order valence-corrected chi connectivity index (χ2v) is 6.88. The van der Waals surface area contributed by atoms with Gasteiger partial charge in [-0.2, -0.15) is 0 Å². The van der Waals surface area contributed by atoms with Crippen LogP contribution in [0.3, 0.4) is 0 Å². The van der Waals surface area contributed by atoms with Crippen LogP contribution in [0.4, 0.5) is 0 Å². The van der Waals surface area contributed by atoms with Crippen molar-refractivity contribution < 1.29 is 4.79 Å². The molecule has 1 aromatic carbocycles. The van der Waals surface area contributed by atoms with Gasteiger partial charge in [-0.15, -0.1) is 0 Å². The molecular formula is C17H25NO. The minimum Gasteiger partial charge on any atom is -0.295 e. The summed E-state index contributed by atoms with van der Waals surface area (Å²) in [6.07, 6.45) is 1.21. The molecule has 1 atom stereocenters. The third kappa shape index (κ3) is 3.66. The first-order chi connectivity index (χ1) is 8.86. The first kappa shape index (κ1) is 14.3. The van der Waals surface area contributed by atoms with Crippen molar-refractivity contribution in [2.24, 2.45) is 11.3 Å². The maximum Gasteiger partial charge on any atom is 0.176 e. The SMILES string of the molecule is Cc1cccc(C(=O)CN2CCC(C(C)(C)C)C2)c1. The van der Waals surface area contributed by atoms with Crippen molar-refractivity contribution in [1.82, 2.24) is 4.90 Å². The van der Waals surface area contributed by atoms with E-state index >= 15 is 0 Å². The van der Waals surface area contributed by atoms with E-state index in [0.717, 1.165) is 24.2 Å². The lowest BCUT2D eigenvalue weighted by molar-refractivity contribution is 0.0938. The molecule has 0 amide bonds. The molecule has 104 valence electrons. The molecule has 1 heterocycles. The van der Waals surface area contributed by atoms with Gasteiger partial charge in [-0.25, -0.2) is 0 Å². The molecule has 1 unspecified atom stereocenters. The van der Waals surface area contributed by atoms with Crippen molar-refractivity contribution in [2.45, 2.75) is 34.1 Å². The Balaban J connectivity index is 1.94. The normalized spacial score (nSPS) is 20.7. The lowest BCUT2D eigenvalue weighted by Gasteiger charge is -2.27. The molecule has 0 spiro atoms. The Morgan fingerprint density at radius 3 is 2.68 bits per heavy atom. The van der Waals surface area contributed by atoms with Crippen molar-refractivity contribution in [3.8, 4) is 0 Å². The van der Waals surface area contributed by atoms with E-state index < -0.39 is 0 Å². The average Bonchev–Trinajstić information content (AvgIpc) is 2.77. The number of hydrogen-bond acceptors (Lipinski definition) is 2. The van der Waals surface area contributed by atoms with Gasteiger partial charge in [0.05, 0.1) is 6.54 Å². The van der Waals surface area contributed by atoms with Gasteiger partial charge in [-0.05, 0) is 37.3 Å². The molecule has 1 aliphatic heterocycles. The topological polar surface area (TPSA) is 20.3 Å². The molecule has 1 saturated heterocycles. The molecule has 0 aliphatic carbocycles. The number of Topliss-reactive ketones (excluding diaryl/α,β-unsaturated/α-hetero) is 1. The number of hydrogen-bond donors (Lipinski definition) is 0. The van der Waals surface area contributed by atoms with Crippen LogP contribution in [-0.4, -0.2) is 30.3 Å². The molecule has 0 aromatic heterocycles. The maximum absolute atomic E-state index is 12.3. The van der Waals surface area contributed by atoms with E-state index in [0.29, 0.717) is 17.9 Å². The summed E-state index contributed by atoms with van der Waals surface area (Å²) in [4.78, 5) is 14.6. The summed E-state index contributed by atoms with van der Waals surface area (Å²) in [7, 11) is 0. The molecule has 0 bridgehead atoms. The number of carbonyl (C=O) groups excluding carboxylic acids is 1. The van der Waals surface area contributed by atoms with Crippen LogP contribution in [0, 0.1) is 18.3 Å². The third-order valence-electron chi connectivity index (χ3n) is 4.20. The Kier molecular flexibility index (Phi) is 4.10. The summed E-state index contributed by atoms with van der Waals surface area (Å²) in [6, 6.07) is 7.90. The highest BCUT2D eigenvalue weighted by Crippen LogP contribution is 2.33. The van der Waals surface area contributed by atoms with Crippen LogP contribution in [0.5, 0.6) is 0 Å². The van der Waals surface area contributed by atoms with Crippen molar-refractivity contribution in [2.75, 3.05) is 19.6 Å². The standard InChI is InChI=1S/C17H25NO/c1-13-6-5-7-14(10-13)16(19)12-18-9-8-15(11-18)17(2,3)4/h5-7,10,15H,8-9,11-12H2,1-4H3. The van der Waals surface area contributed by atoms with Gasteiger partial charge in [0.15, 0.2) is 5.78 Å². The summed E-state index contributed by atoms with van der Waals surface area (Å²) >= 11 is 0. The fraction of sp³-hybridized carbons (Fsp3) is 0.588. The molecule has 1 fully saturated rings. The van der Waals surface area contributed by atoms with E-state index in [-0.39, 0.29) is 5.78 Å². The number of carbonyl (C=O) groups is 1. The molecular weight excluding hydrogens is 234 g/mol. The Hall–Kier alpha value is -1.15. The molecule has 0 N–H and O–H groups in total. The van der Waals surface area contributed by atoms with E-state index in [1.165, 1.54) is 6.42 Å². The quantitative estimate of drug-likeness (QED) is 0.774. The third-order valence-corrected chi connectivity index (χ3v) is 4.20. The minimum absolute atomic E-state index is 0.248. The van der Waals surface area contributed by atoms with Crippen LogP contribution < -0.4 is 0 Å². The smallest absolute Gasteiger partial charge is 0.176 e. The van der Waals surface area contributed by atoms with Crippen LogP contribution in [0.1, 0.15) is 43.1 Å². The molecule has 0 radical (unpaired) electrons. The van der Waals surface area contributed by atoms with Crippen LogP contribution >= 0.6 is 0 Å². The molecule has 0 saturated carbocycles. The van der Waals surface area contributed by atoms with Gasteiger partial charge in [-0.3, -0.25) is 9.69 Å². The maximum atomic E-state index is 12.3. The Labute approximate surface area is 116 Å². The summed E-state index contributed by atoms with van der Waals surface area (Å²) in [6.45, 7) is 11.6. The zero-order chi connectivity index (χ0) is 14.0. The van der Waals surface area contributed by atoms with E-state index in [9.17, 15) is 4.79 Å². The largest absolute Gasteiger partial charge is 0.295 e. The molecule has 19 heavy (non-hydrogen) atoms. The first-order valence-corrected chi connectivity index (χ1v) is 7.18. The highest BCUT2D eigenvalue weighted by atomic mass is 16.1. The number of likely N-dealkylation sites (tertiary alicyclic amines) is 1. The van der Waals surface area contributed by atoms with Crippen LogP contribution in [-0.2, 0) is 0 Å². The van der Waals surface area contributed by atoms with Crippen molar-refractivity contribution in [3.05, 3.63) is 35.4 Å². The second-order valence-electron chi connectivity index (χ2n) is 6.88. The average molecular weight is 259 g/mol. The monoisotopic (exact) mass is 259 g/mol. The van der Waals surface area contributed by atoms with E-state index in [1.807, 2.05) is 31.2 Å². The Morgan fingerprint density at radius 2 is 2.11 bits per heavy atom. The van der Waals surface area contributed by atoms with E-state index in [4.69, 9.17) is 0 Å². The summed E-state index contributed by atoms with van der Waals surface area (Å²) < 4.78 is 0. The zero-order valence-electron chi connectivity index (χ0n) is 12.6. The lowest BCUT2D eigenvalue weighted by atomic mass is 9.80. The highest BCUT2D eigenvalue weighted by molar-refractivity contribution is 5.97. The summed E-state index contributed by atoms with van der Waals surface area (Å²) in [5.41, 5.74) is 2.35. The molecule has 1 aromatic rings. The fourth-order valence-corrected chi connectivity index (χ4v) is 2.80. The van der Waals surface area contributed by atoms with Crippen molar-refractivity contribution in [3.63, 3.8) is 0 Å². The van der Waals surface area contributed by atoms with Crippen molar-refractivity contribution >= 4 is 5.78 Å². The van der Waals surface area contributed by atoms with Gasteiger partial charge in [-0.1, -0.05) is 44.5 Å². The number of benzene rings is 1. The van der Waals surface area contributed by atoms with Gasteiger partial charge >= 0.3 is 0 Å². The number of ketones is 1. The van der Waals surface area contributed by atoms with E-state index in [2.05, 4.69) is 25.7 Å². The number of aryl methyl sites for hydroxylation is 1. The van der Waals surface area contributed by atoms with Crippen LogP contribution in [0.2, 0.25) is 0 Å². The molecule has 2 rings (SSSR count). The number of nitrogens with zero attached hydrogens (tertiary/aromatic N) is 1. The second kappa shape index (κ2) is 5.46. The molecule has 1 aliphatic rings. The number of rotatable bonds is 3. The molecule has 2 nitrogen and oxygen atoms in total. The Bertz CT molecular complexity index is 459. The fourth-order valence-electron chi connectivity index (χ4n) is 2.80. The predicted octanol–water partition coefficient (Wildman–Crippen LogP) is 3.55. The Morgan fingerprint density at radius 1 is 1.37 bits per heavy atom. The summed E-state index contributed by atoms with van der Waals surface area (Å²) in [5, 5.41) is 0. The van der Waals surface area contributed by atoms with Gasteiger partial charge in [0.2, 0.25) is 0 Å². The zero-order valence-corrected chi connectivity index (χ0v) is 12.6. The van der Waals surface area contributed by atoms with Crippen LogP contribution in [0.25, 0.3) is 0 Å². The predicted molar refractivity (Wildman–Crippen MR) is 79.5 cm³/mol. The van der Waals surface area contributed by atoms with Gasteiger partial charge in [0.1, 0.15) is 0 Å². The van der Waals surface area contributed by atoms with Gasteiger partial charge in [0, 0.05) is 12.1 Å². The van der Waals surface area contributed by atoms with Gasteiger partial charge < -0.3 is 0 Å². The van der Waals surface area contributed by atoms with Crippen molar-refractivity contribution in [1.29, 1.82) is 0 Å². The first-order valence-electron chi connectivity index (χ1n) is 7.18. The summed E-state index contributed by atoms with van der Waals surface area (Å²) in [5.74, 6) is 0.955. The van der Waals surface area contributed by atoms with Crippen LogP contribution in [0.15, 0.2) is 24.3 Å². The minimum atomic E-state index is 0.248. The highest BCUT2D eigenvalue weighted by Gasteiger charge is 2.32. The van der Waals surface area contributed by atoms with Gasteiger partial charge in [0.25, 0.3) is 0 Å². The molecule has 2 heteroatoms. The van der Waals surface area contributed by atoms with E-state index in [1.54, 1.807) is 0 Å².